The van der Waals surface area contributed by atoms with Gasteiger partial charge >= 0.3 is 0 Å². The molecular weight excluding hydrogens is 240 g/mol. The van der Waals surface area contributed by atoms with Crippen molar-refractivity contribution in [2.24, 2.45) is 0 Å². The van der Waals surface area contributed by atoms with Crippen LogP contribution in [0.15, 0.2) is 11.1 Å². The van der Waals surface area contributed by atoms with Gasteiger partial charge in [-0.3, -0.25) is 4.68 Å². The first kappa shape index (κ1) is 12.4. The van der Waals surface area contributed by atoms with Crippen molar-refractivity contribution >= 4 is 15.8 Å². The van der Waals surface area contributed by atoms with Gasteiger partial charge in [-0.05, 0) is 19.8 Å². The van der Waals surface area contributed by atoms with Crippen LogP contribution in [0.1, 0.15) is 26.2 Å². The van der Waals surface area contributed by atoms with E-state index in [-0.39, 0.29) is 10.7 Å². The molecule has 0 aliphatic carbocycles. The Labute approximate surface area is 101 Å². The molecule has 2 heterocycles. The number of piperidine rings is 1. The topological polar surface area (TPSA) is 81.2 Å². The molecule has 1 aromatic rings. The molecule has 2 rings (SSSR count). The fourth-order valence-corrected chi connectivity index (χ4v) is 3.60. The van der Waals surface area contributed by atoms with Crippen LogP contribution in [0.25, 0.3) is 0 Å². The first-order chi connectivity index (χ1) is 8.05. The molecule has 0 radical (unpaired) electrons. The molecule has 0 atom stereocenters. The zero-order valence-electron chi connectivity index (χ0n) is 9.96. The lowest BCUT2D eigenvalue weighted by Crippen LogP contribution is -2.35. The molecule has 96 valence electrons. The highest BCUT2D eigenvalue weighted by atomic mass is 32.2. The molecular formula is C10H18N4O2S. The van der Waals surface area contributed by atoms with Gasteiger partial charge in [0.05, 0.1) is 0 Å². The summed E-state index contributed by atoms with van der Waals surface area (Å²) in [6.45, 7) is 3.67. The third-order valence-corrected chi connectivity index (χ3v) is 4.93. The lowest BCUT2D eigenvalue weighted by atomic mass is 10.2. The van der Waals surface area contributed by atoms with Crippen molar-refractivity contribution in [2.75, 3.05) is 18.8 Å². The molecule has 0 amide bonds. The van der Waals surface area contributed by atoms with Gasteiger partial charge in [0.2, 0.25) is 10.0 Å². The predicted molar refractivity (Wildman–Crippen MR) is 64.9 cm³/mol. The van der Waals surface area contributed by atoms with Crippen molar-refractivity contribution in [2.45, 2.75) is 37.6 Å². The van der Waals surface area contributed by atoms with Crippen molar-refractivity contribution < 1.29 is 8.42 Å². The number of sulfonamides is 1. The Morgan fingerprint density at radius 2 is 2.00 bits per heavy atom. The van der Waals surface area contributed by atoms with E-state index in [1.54, 1.807) is 4.68 Å². The van der Waals surface area contributed by atoms with E-state index in [1.165, 1.54) is 10.5 Å². The molecule has 1 saturated heterocycles. The number of nitrogen functional groups attached to an aromatic ring is 1. The zero-order valence-corrected chi connectivity index (χ0v) is 10.8. The molecule has 1 aliphatic heterocycles. The summed E-state index contributed by atoms with van der Waals surface area (Å²) in [5, 5.41) is 3.98. The second-order valence-corrected chi connectivity index (χ2v) is 6.11. The minimum atomic E-state index is -3.46. The molecule has 1 fully saturated rings. The van der Waals surface area contributed by atoms with Gasteiger partial charge in [-0.1, -0.05) is 6.42 Å². The quantitative estimate of drug-likeness (QED) is 0.863. The second kappa shape index (κ2) is 4.66. The van der Waals surface area contributed by atoms with E-state index in [4.69, 9.17) is 5.73 Å². The molecule has 0 bridgehead atoms. The normalized spacial score (nSPS) is 18.4. The number of hydrogen-bond donors (Lipinski definition) is 1. The summed E-state index contributed by atoms with van der Waals surface area (Å²) in [5.41, 5.74) is 5.67. The molecule has 1 aromatic heterocycles. The van der Waals surface area contributed by atoms with Gasteiger partial charge in [-0.25, -0.2) is 8.42 Å². The van der Waals surface area contributed by atoms with Gasteiger partial charge in [0.15, 0.2) is 5.82 Å². The number of nitrogens with two attached hydrogens (primary N) is 1. The van der Waals surface area contributed by atoms with Gasteiger partial charge in [0, 0.05) is 25.8 Å². The molecule has 7 heteroatoms. The van der Waals surface area contributed by atoms with Gasteiger partial charge < -0.3 is 5.73 Å². The lowest BCUT2D eigenvalue weighted by Gasteiger charge is -2.25. The minimum absolute atomic E-state index is 0.0948. The molecule has 6 nitrogen and oxygen atoms in total. The van der Waals surface area contributed by atoms with Crippen LogP contribution in [-0.2, 0) is 16.6 Å². The SMILES string of the molecule is CCn1cc(S(=O)(=O)N2CCCCC2)c(N)n1. The number of anilines is 1. The van der Waals surface area contributed by atoms with E-state index in [0.29, 0.717) is 19.6 Å². The summed E-state index contributed by atoms with van der Waals surface area (Å²) in [5.74, 6) is 0.0948. The van der Waals surface area contributed by atoms with E-state index < -0.39 is 10.0 Å². The maximum atomic E-state index is 12.3. The van der Waals surface area contributed by atoms with Crippen molar-refractivity contribution in [1.29, 1.82) is 0 Å². The Balaban J connectivity index is 2.33. The van der Waals surface area contributed by atoms with Crippen LogP contribution in [0, 0.1) is 0 Å². The average Bonchev–Trinajstić information content (AvgIpc) is 2.72. The minimum Gasteiger partial charge on any atom is -0.381 e. The Kier molecular flexibility index (Phi) is 3.39. The van der Waals surface area contributed by atoms with Crippen LogP contribution in [0.4, 0.5) is 5.82 Å². The summed E-state index contributed by atoms with van der Waals surface area (Å²) in [4.78, 5) is 0.140. The van der Waals surface area contributed by atoms with Crippen molar-refractivity contribution in [3.8, 4) is 0 Å². The van der Waals surface area contributed by atoms with E-state index in [2.05, 4.69) is 5.10 Å². The highest BCUT2D eigenvalue weighted by Crippen LogP contribution is 2.24. The maximum absolute atomic E-state index is 12.3. The van der Waals surface area contributed by atoms with Crippen LogP contribution in [0.2, 0.25) is 0 Å². The monoisotopic (exact) mass is 258 g/mol. The second-order valence-electron chi connectivity index (χ2n) is 4.20. The molecule has 2 N–H and O–H groups in total. The molecule has 0 aromatic carbocycles. The Morgan fingerprint density at radius 1 is 1.35 bits per heavy atom. The summed E-state index contributed by atoms with van der Waals surface area (Å²) >= 11 is 0. The van der Waals surface area contributed by atoms with E-state index in [9.17, 15) is 8.42 Å². The smallest absolute Gasteiger partial charge is 0.248 e. The third kappa shape index (κ3) is 2.30. The number of aryl methyl sites for hydroxylation is 1. The van der Waals surface area contributed by atoms with Crippen LogP contribution in [-0.4, -0.2) is 35.6 Å². The maximum Gasteiger partial charge on any atom is 0.248 e. The zero-order chi connectivity index (χ0) is 12.5. The Hall–Kier alpha value is -1.08. The molecule has 17 heavy (non-hydrogen) atoms. The summed E-state index contributed by atoms with van der Waals surface area (Å²) in [7, 11) is -3.46. The molecule has 1 aliphatic rings. The predicted octanol–water partition coefficient (Wildman–Crippen LogP) is 0.660. The Bertz CT molecular complexity index is 488. The van der Waals surface area contributed by atoms with E-state index >= 15 is 0 Å². The number of aromatic nitrogens is 2. The highest BCUT2D eigenvalue weighted by Gasteiger charge is 2.29. The van der Waals surface area contributed by atoms with Crippen molar-refractivity contribution in [3.63, 3.8) is 0 Å². The standard InChI is InChI=1S/C10H18N4O2S/c1-2-13-8-9(10(11)12-13)17(15,16)14-6-4-3-5-7-14/h8H,2-7H2,1H3,(H2,11,12). The van der Waals surface area contributed by atoms with Gasteiger partial charge in [0.25, 0.3) is 0 Å². The summed E-state index contributed by atoms with van der Waals surface area (Å²) in [6, 6.07) is 0. The summed E-state index contributed by atoms with van der Waals surface area (Å²) < 4.78 is 27.7. The first-order valence-corrected chi connectivity index (χ1v) is 7.33. The fraction of sp³-hybridized carbons (Fsp3) is 0.700. The van der Waals surface area contributed by atoms with Crippen molar-refractivity contribution in [3.05, 3.63) is 6.20 Å². The third-order valence-electron chi connectivity index (χ3n) is 3.01. The van der Waals surface area contributed by atoms with Crippen LogP contribution in [0.5, 0.6) is 0 Å². The van der Waals surface area contributed by atoms with E-state index in [1.807, 2.05) is 6.92 Å². The summed E-state index contributed by atoms with van der Waals surface area (Å²) in [6.07, 6.45) is 4.44. The van der Waals surface area contributed by atoms with Gasteiger partial charge in [0.1, 0.15) is 4.90 Å². The van der Waals surface area contributed by atoms with Crippen LogP contribution < -0.4 is 5.73 Å². The highest BCUT2D eigenvalue weighted by molar-refractivity contribution is 7.89. The van der Waals surface area contributed by atoms with Crippen LogP contribution in [0.3, 0.4) is 0 Å². The number of hydrogen-bond acceptors (Lipinski definition) is 4. The molecule has 0 saturated carbocycles. The fourth-order valence-electron chi connectivity index (χ4n) is 2.02. The average molecular weight is 258 g/mol. The molecule has 0 spiro atoms. The molecule has 0 unspecified atom stereocenters. The van der Waals surface area contributed by atoms with Crippen molar-refractivity contribution in [1.82, 2.24) is 14.1 Å². The van der Waals surface area contributed by atoms with E-state index in [0.717, 1.165) is 19.3 Å². The lowest BCUT2D eigenvalue weighted by molar-refractivity contribution is 0.347. The number of rotatable bonds is 3. The number of nitrogens with zero attached hydrogens (tertiary/aromatic N) is 3. The van der Waals surface area contributed by atoms with Gasteiger partial charge in [-0.2, -0.15) is 9.40 Å². The van der Waals surface area contributed by atoms with Crippen LogP contribution >= 0.6 is 0 Å². The largest absolute Gasteiger partial charge is 0.381 e. The first-order valence-electron chi connectivity index (χ1n) is 5.88. The van der Waals surface area contributed by atoms with Gasteiger partial charge in [-0.15, -0.1) is 0 Å². The Morgan fingerprint density at radius 3 is 2.53 bits per heavy atom.